The summed E-state index contributed by atoms with van der Waals surface area (Å²) in [6.07, 6.45) is 2.32. The Morgan fingerprint density at radius 1 is 1.46 bits per heavy atom. The summed E-state index contributed by atoms with van der Waals surface area (Å²) in [4.78, 5) is 0. The molecule has 0 amide bonds. The number of rotatable bonds is 2. The summed E-state index contributed by atoms with van der Waals surface area (Å²) in [5.74, 6) is -0.323. The molecule has 0 heterocycles. The van der Waals surface area contributed by atoms with Gasteiger partial charge < -0.3 is 5.32 Å². The fourth-order valence-corrected chi connectivity index (χ4v) is 1.54. The fraction of sp³-hybridized carbons (Fsp3) is 0.333. The molecule has 0 spiro atoms. The molecule has 1 nitrogen and oxygen atoms in total. The molecule has 1 aliphatic carbocycles. The topological polar surface area (TPSA) is 12.0 Å². The summed E-state index contributed by atoms with van der Waals surface area (Å²) in [6, 6.07) is 3.69. The monoisotopic (exact) mass is 263 g/mol. The van der Waals surface area contributed by atoms with E-state index in [1.165, 1.54) is 6.07 Å². The highest BCUT2D eigenvalue weighted by Crippen LogP contribution is 2.31. The number of nitrogens with one attached hydrogen (secondary N) is 1. The van der Waals surface area contributed by atoms with Gasteiger partial charge in [0.05, 0.1) is 9.50 Å². The lowest BCUT2D eigenvalue weighted by Crippen LogP contribution is -2.01. The van der Waals surface area contributed by atoms with Crippen LogP contribution in [0.15, 0.2) is 16.6 Å². The minimum Gasteiger partial charge on any atom is -0.382 e. The van der Waals surface area contributed by atoms with Crippen LogP contribution in [-0.4, -0.2) is 6.04 Å². The normalized spacial score (nSPS) is 15.9. The number of hydrogen-bond donors (Lipinski definition) is 1. The second-order valence-electron chi connectivity index (χ2n) is 3.17. The lowest BCUT2D eigenvalue weighted by molar-refractivity contribution is 0.621. The van der Waals surface area contributed by atoms with Gasteiger partial charge in [0.1, 0.15) is 5.82 Å². The predicted molar refractivity (Wildman–Crippen MR) is 55.8 cm³/mol. The average molecular weight is 265 g/mol. The van der Waals surface area contributed by atoms with Crippen LogP contribution in [0.25, 0.3) is 0 Å². The summed E-state index contributed by atoms with van der Waals surface area (Å²) >= 11 is 8.86. The molecule has 0 atom stereocenters. The van der Waals surface area contributed by atoms with E-state index in [9.17, 15) is 4.39 Å². The highest BCUT2D eigenvalue weighted by atomic mass is 79.9. The minimum atomic E-state index is -0.323. The standard InChI is InChI=1S/C9H8BrClFN/c10-9-7(11)3-6(4-8(9)12)13-5-1-2-5/h3-5,13H,1-2H2. The summed E-state index contributed by atoms with van der Waals surface area (Å²) in [7, 11) is 0. The molecule has 0 radical (unpaired) electrons. The molecule has 4 heteroatoms. The van der Waals surface area contributed by atoms with Gasteiger partial charge in [0.25, 0.3) is 0 Å². The van der Waals surface area contributed by atoms with Crippen LogP contribution < -0.4 is 5.32 Å². The first kappa shape index (κ1) is 9.28. The molecule has 1 saturated carbocycles. The maximum Gasteiger partial charge on any atom is 0.140 e. The fourth-order valence-electron chi connectivity index (χ4n) is 1.10. The van der Waals surface area contributed by atoms with Crippen molar-refractivity contribution < 1.29 is 4.39 Å². The second kappa shape index (κ2) is 3.46. The van der Waals surface area contributed by atoms with E-state index in [4.69, 9.17) is 11.6 Å². The molecule has 70 valence electrons. The molecule has 1 aliphatic rings. The SMILES string of the molecule is Fc1cc(NC2CC2)cc(Cl)c1Br. The molecule has 0 aromatic heterocycles. The number of benzene rings is 1. The first-order valence-corrected chi connectivity index (χ1v) is 5.25. The van der Waals surface area contributed by atoms with E-state index in [0.29, 0.717) is 15.5 Å². The molecule has 13 heavy (non-hydrogen) atoms. The second-order valence-corrected chi connectivity index (χ2v) is 4.37. The van der Waals surface area contributed by atoms with Crippen LogP contribution in [0.2, 0.25) is 5.02 Å². The van der Waals surface area contributed by atoms with Gasteiger partial charge in [-0.3, -0.25) is 0 Å². The Morgan fingerprint density at radius 3 is 2.69 bits per heavy atom. The summed E-state index contributed by atoms with van der Waals surface area (Å²) in [5, 5.41) is 3.59. The van der Waals surface area contributed by atoms with Crippen LogP contribution in [0.3, 0.4) is 0 Å². The molecule has 0 bridgehead atoms. The van der Waals surface area contributed by atoms with E-state index in [-0.39, 0.29) is 5.82 Å². The number of hydrogen-bond acceptors (Lipinski definition) is 1. The maximum atomic E-state index is 13.1. The Balaban J connectivity index is 2.25. The van der Waals surface area contributed by atoms with E-state index >= 15 is 0 Å². The molecule has 1 N–H and O–H groups in total. The Labute approximate surface area is 89.4 Å². The average Bonchev–Trinajstić information content (AvgIpc) is 2.84. The molecule has 0 unspecified atom stereocenters. The van der Waals surface area contributed by atoms with Crippen molar-refractivity contribution in [2.45, 2.75) is 18.9 Å². The van der Waals surface area contributed by atoms with Gasteiger partial charge in [0.2, 0.25) is 0 Å². The zero-order valence-electron chi connectivity index (χ0n) is 6.78. The van der Waals surface area contributed by atoms with Crippen molar-refractivity contribution in [2.24, 2.45) is 0 Å². The lowest BCUT2D eigenvalue weighted by atomic mass is 10.3. The maximum absolute atomic E-state index is 13.1. The van der Waals surface area contributed by atoms with Gasteiger partial charge in [-0.15, -0.1) is 0 Å². The summed E-state index contributed by atoms with van der Waals surface area (Å²) in [5.41, 5.74) is 0.758. The van der Waals surface area contributed by atoms with Gasteiger partial charge in [-0.2, -0.15) is 0 Å². The molecule has 0 aliphatic heterocycles. The molecule has 0 saturated heterocycles. The zero-order valence-corrected chi connectivity index (χ0v) is 9.12. The van der Waals surface area contributed by atoms with Crippen molar-refractivity contribution in [1.82, 2.24) is 0 Å². The van der Waals surface area contributed by atoms with E-state index < -0.39 is 0 Å². The Hall–Kier alpha value is -0.280. The van der Waals surface area contributed by atoms with Gasteiger partial charge >= 0.3 is 0 Å². The largest absolute Gasteiger partial charge is 0.382 e. The van der Waals surface area contributed by atoms with Crippen LogP contribution in [0.5, 0.6) is 0 Å². The van der Waals surface area contributed by atoms with Gasteiger partial charge in [-0.1, -0.05) is 11.6 Å². The van der Waals surface area contributed by atoms with Crippen molar-refractivity contribution in [3.63, 3.8) is 0 Å². The van der Waals surface area contributed by atoms with Crippen LogP contribution in [0, 0.1) is 5.82 Å². The van der Waals surface area contributed by atoms with Crippen molar-refractivity contribution in [1.29, 1.82) is 0 Å². The van der Waals surface area contributed by atoms with Crippen LogP contribution >= 0.6 is 27.5 Å². The summed E-state index contributed by atoms with van der Waals surface area (Å²) < 4.78 is 13.5. The van der Waals surface area contributed by atoms with Gasteiger partial charge in [-0.25, -0.2) is 4.39 Å². The van der Waals surface area contributed by atoms with Crippen molar-refractivity contribution >= 4 is 33.2 Å². The predicted octanol–water partition coefficient (Wildman–Crippen LogP) is 3.82. The Kier molecular flexibility index (Phi) is 2.47. The molecule has 1 aromatic rings. The first-order chi connectivity index (χ1) is 6.16. The Morgan fingerprint density at radius 2 is 2.15 bits per heavy atom. The molecule has 1 fully saturated rings. The van der Waals surface area contributed by atoms with Gasteiger partial charge in [-0.05, 0) is 40.9 Å². The van der Waals surface area contributed by atoms with Crippen LogP contribution in [-0.2, 0) is 0 Å². The summed E-state index contributed by atoms with van der Waals surface area (Å²) in [6.45, 7) is 0. The molecule has 2 rings (SSSR count). The third kappa shape index (κ3) is 2.15. The van der Waals surface area contributed by atoms with Crippen molar-refractivity contribution in [3.05, 3.63) is 27.4 Å². The van der Waals surface area contributed by atoms with E-state index in [2.05, 4.69) is 21.2 Å². The van der Waals surface area contributed by atoms with Crippen molar-refractivity contribution in [3.8, 4) is 0 Å². The van der Waals surface area contributed by atoms with Crippen LogP contribution in [0.1, 0.15) is 12.8 Å². The smallest absolute Gasteiger partial charge is 0.140 e. The third-order valence-corrected chi connectivity index (χ3v) is 3.26. The third-order valence-electron chi connectivity index (χ3n) is 1.93. The molecule has 1 aromatic carbocycles. The van der Waals surface area contributed by atoms with Crippen LogP contribution in [0.4, 0.5) is 10.1 Å². The first-order valence-electron chi connectivity index (χ1n) is 4.08. The van der Waals surface area contributed by atoms with Crippen molar-refractivity contribution in [2.75, 3.05) is 5.32 Å². The number of anilines is 1. The highest BCUT2D eigenvalue weighted by molar-refractivity contribution is 9.10. The van der Waals surface area contributed by atoms with E-state index in [1.54, 1.807) is 6.07 Å². The van der Waals surface area contributed by atoms with E-state index in [1.807, 2.05) is 0 Å². The molecular weight excluding hydrogens is 256 g/mol. The van der Waals surface area contributed by atoms with Gasteiger partial charge in [0, 0.05) is 11.7 Å². The Bertz CT molecular complexity index is 315. The molecular formula is C9H8BrClFN. The van der Waals surface area contributed by atoms with E-state index in [0.717, 1.165) is 18.5 Å². The van der Waals surface area contributed by atoms with Gasteiger partial charge in [0.15, 0.2) is 0 Å². The highest BCUT2D eigenvalue weighted by Gasteiger charge is 2.21. The number of halogens is 3. The minimum absolute atomic E-state index is 0.323. The quantitative estimate of drug-likeness (QED) is 0.801. The zero-order chi connectivity index (χ0) is 9.42. The lowest BCUT2D eigenvalue weighted by Gasteiger charge is -2.06.